The van der Waals surface area contributed by atoms with Crippen LogP contribution >= 0.6 is 11.6 Å². The van der Waals surface area contributed by atoms with Crippen LogP contribution in [0.15, 0.2) is 6.07 Å². The van der Waals surface area contributed by atoms with E-state index < -0.39 is 6.09 Å². The maximum absolute atomic E-state index is 11.1. The summed E-state index contributed by atoms with van der Waals surface area (Å²) in [4.78, 5) is 21.2. The van der Waals surface area contributed by atoms with E-state index in [0.717, 1.165) is 13.0 Å². The molecular formula is C14H22ClN5O2. The molecule has 0 saturated carbocycles. The molecule has 1 aliphatic rings. The van der Waals surface area contributed by atoms with Gasteiger partial charge in [-0.05, 0) is 17.8 Å². The van der Waals surface area contributed by atoms with Crippen molar-refractivity contribution in [1.29, 1.82) is 0 Å². The van der Waals surface area contributed by atoms with Crippen molar-refractivity contribution in [2.45, 2.75) is 33.2 Å². The van der Waals surface area contributed by atoms with Crippen LogP contribution in [-0.2, 0) is 0 Å². The molecule has 0 radical (unpaired) electrons. The van der Waals surface area contributed by atoms with Gasteiger partial charge in [0, 0.05) is 25.2 Å². The van der Waals surface area contributed by atoms with Gasteiger partial charge in [0.25, 0.3) is 0 Å². The number of nitrogens with zero attached hydrogens (tertiary/aromatic N) is 3. The first-order chi connectivity index (χ1) is 10.2. The van der Waals surface area contributed by atoms with Gasteiger partial charge in [0.1, 0.15) is 11.0 Å². The van der Waals surface area contributed by atoms with E-state index in [4.69, 9.17) is 22.4 Å². The summed E-state index contributed by atoms with van der Waals surface area (Å²) >= 11 is 5.92. The summed E-state index contributed by atoms with van der Waals surface area (Å²) in [6, 6.07) is 1.54. The van der Waals surface area contributed by atoms with Crippen molar-refractivity contribution < 1.29 is 9.90 Å². The fourth-order valence-corrected chi connectivity index (χ4v) is 3.21. The molecule has 1 amide bonds. The van der Waals surface area contributed by atoms with E-state index >= 15 is 0 Å². The van der Waals surface area contributed by atoms with Crippen LogP contribution in [0.25, 0.3) is 0 Å². The molecule has 2 atom stereocenters. The lowest BCUT2D eigenvalue weighted by molar-refractivity contribution is 0.157. The Balaban J connectivity index is 2.14. The van der Waals surface area contributed by atoms with Crippen molar-refractivity contribution in [3.8, 4) is 0 Å². The summed E-state index contributed by atoms with van der Waals surface area (Å²) < 4.78 is 0. The first kappa shape index (κ1) is 16.6. The molecule has 22 heavy (non-hydrogen) atoms. The minimum Gasteiger partial charge on any atom is -0.465 e. The zero-order valence-corrected chi connectivity index (χ0v) is 13.8. The van der Waals surface area contributed by atoms with E-state index in [0.29, 0.717) is 17.5 Å². The lowest BCUT2D eigenvalue weighted by Gasteiger charge is -2.35. The molecule has 0 spiro atoms. The summed E-state index contributed by atoms with van der Waals surface area (Å²) in [6.45, 7) is 7.60. The average molecular weight is 328 g/mol. The number of nitrogens with two attached hydrogens (primary N) is 1. The first-order valence-electron chi connectivity index (χ1n) is 7.21. The number of hydrogen-bond donors (Lipinski definition) is 3. The standard InChI is InChI=1S/C14H22ClN5O2/c1-14(2,3)11(19-13(21)22)8-4-5-20(7-8)10-6-9(15)17-12(16)18-10/h6,8,11,19H,4-5,7H2,1-3H3,(H,21,22)(H2,16,17,18)/t8-,11?/m0/s1. The van der Waals surface area contributed by atoms with Gasteiger partial charge in [-0.25, -0.2) is 9.78 Å². The zero-order valence-electron chi connectivity index (χ0n) is 13.0. The van der Waals surface area contributed by atoms with Crippen LogP contribution in [-0.4, -0.2) is 40.3 Å². The fraction of sp³-hybridized carbons (Fsp3) is 0.643. The monoisotopic (exact) mass is 327 g/mol. The lowest BCUT2D eigenvalue weighted by Crippen LogP contribution is -2.49. The average Bonchev–Trinajstić information content (AvgIpc) is 2.82. The van der Waals surface area contributed by atoms with Gasteiger partial charge in [-0.3, -0.25) is 0 Å². The van der Waals surface area contributed by atoms with Crippen molar-refractivity contribution in [1.82, 2.24) is 15.3 Å². The molecule has 0 aromatic carbocycles. The Hall–Kier alpha value is -1.76. The van der Waals surface area contributed by atoms with Crippen LogP contribution in [0.5, 0.6) is 0 Å². The third-order valence-electron chi connectivity index (χ3n) is 3.93. The van der Waals surface area contributed by atoms with Crippen molar-refractivity contribution in [2.75, 3.05) is 23.7 Å². The predicted molar refractivity (Wildman–Crippen MR) is 86.2 cm³/mol. The lowest BCUT2D eigenvalue weighted by atomic mass is 9.78. The number of amides is 1. The highest BCUT2D eigenvalue weighted by Crippen LogP contribution is 2.33. The normalized spacial score (nSPS) is 20.0. The van der Waals surface area contributed by atoms with E-state index in [1.807, 2.05) is 20.8 Å². The maximum Gasteiger partial charge on any atom is 0.404 e. The zero-order chi connectivity index (χ0) is 16.5. The molecule has 0 aliphatic carbocycles. The molecule has 7 nitrogen and oxygen atoms in total. The molecule has 8 heteroatoms. The van der Waals surface area contributed by atoms with Crippen LogP contribution in [0.3, 0.4) is 0 Å². The molecule has 1 saturated heterocycles. The highest BCUT2D eigenvalue weighted by atomic mass is 35.5. The number of carboxylic acid groups (broad SMARTS) is 1. The van der Waals surface area contributed by atoms with Gasteiger partial charge in [0.15, 0.2) is 0 Å². The molecule has 1 aromatic heterocycles. The van der Waals surface area contributed by atoms with Crippen molar-refractivity contribution in [3.63, 3.8) is 0 Å². The van der Waals surface area contributed by atoms with Crippen molar-refractivity contribution in [2.24, 2.45) is 11.3 Å². The Bertz CT molecular complexity index is 540. The Kier molecular flexibility index (Phi) is 4.65. The van der Waals surface area contributed by atoms with Gasteiger partial charge in [0.05, 0.1) is 0 Å². The molecule has 2 rings (SSSR count). The molecule has 1 aromatic rings. The van der Waals surface area contributed by atoms with Gasteiger partial charge in [0.2, 0.25) is 5.95 Å². The third kappa shape index (κ3) is 3.91. The maximum atomic E-state index is 11.1. The number of nitrogen functional groups attached to an aromatic ring is 1. The van der Waals surface area contributed by atoms with Crippen molar-refractivity contribution in [3.05, 3.63) is 11.2 Å². The number of rotatable bonds is 3. The largest absolute Gasteiger partial charge is 0.465 e. The Morgan fingerprint density at radius 2 is 2.23 bits per heavy atom. The van der Waals surface area contributed by atoms with Gasteiger partial charge in [-0.2, -0.15) is 4.98 Å². The molecule has 1 fully saturated rings. The SMILES string of the molecule is CC(C)(C)C(NC(=O)O)[C@H]1CCN(c2cc(Cl)nc(N)n2)C1. The van der Waals surface area contributed by atoms with Crippen LogP contribution in [0.4, 0.5) is 16.6 Å². The number of hydrogen-bond acceptors (Lipinski definition) is 5. The Morgan fingerprint density at radius 1 is 1.55 bits per heavy atom. The van der Waals surface area contributed by atoms with Crippen LogP contribution < -0.4 is 16.0 Å². The minimum atomic E-state index is -0.993. The second kappa shape index (κ2) is 6.16. The fourth-order valence-electron chi connectivity index (χ4n) is 3.03. The van der Waals surface area contributed by atoms with Crippen LogP contribution in [0.2, 0.25) is 5.15 Å². The van der Waals surface area contributed by atoms with E-state index in [2.05, 4.69) is 20.2 Å². The van der Waals surface area contributed by atoms with Crippen LogP contribution in [0, 0.1) is 11.3 Å². The van der Waals surface area contributed by atoms with Gasteiger partial charge >= 0.3 is 6.09 Å². The highest BCUT2D eigenvalue weighted by molar-refractivity contribution is 6.29. The molecule has 0 bridgehead atoms. The Labute approximate surface area is 134 Å². The summed E-state index contributed by atoms with van der Waals surface area (Å²) in [7, 11) is 0. The van der Waals surface area contributed by atoms with Gasteiger partial charge in [-0.1, -0.05) is 32.4 Å². The summed E-state index contributed by atoms with van der Waals surface area (Å²) in [5.74, 6) is 1.02. The molecule has 4 N–H and O–H groups in total. The molecule has 1 unspecified atom stereocenters. The quantitative estimate of drug-likeness (QED) is 0.735. The number of anilines is 2. The number of carbonyl (C=O) groups is 1. The number of aromatic nitrogens is 2. The minimum absolute atomic E-state index is 0.135. The Morgan fingerprint density at radius 3 is 2.77 bits per heavy atom. The van der Waals surface area contributed by atoms with E-state index in [1.165, 1.54) is 0 Å². The summed E-state index contributed by atoms with van der Waals surface area (Å²) in [5, 5.41) is 12.1. The van der Waals surface area contributed by atoms with Crippen molar-refractivity contribution >= 4 is 29.5 Å². The van der Waals surface area contributed by atoms with Gasteiger partial charge < -0.3 is 21.1 Å². The smallest absolute Gasteiger partial charge is 0.404 e. The van der Waals surface area contributed by atoms with Crippen LogP contribution in [0.1, 0.15) is 27.2 Å². The number of nitrogens with one attached hydrogen (secondary N) is 1. The highest BCUT2D eigenvalue weighted by Gasteiger charge is 2.38. The van der Waals surface area contributed by atoms with E-state index in [1.54, 1.807) is 6.07 Å². The second-order valence-corrected chi connectivity index (χ2v) is 7.08. The van der Waals surface area contributed by atoms with E-state index in [9.17, 15) is 4.79 Å². The number of halogens is 1. The first-order valence-corrected chi connectivity index (χ1v) is 7.59. The van der Waals surface area contributed by atoms with E-state index in [-0.39, 0.29) is 23.3 Å². The summed E-state index contributed by atoms with van der Waals surface area (Å²) in [6.07, 6.45) is -0.114. The molecule has 1 aliphatic heterocycles. The van der Waals surface area contributed by atoms with Gasteiger partial charge in [-0.15, -0.1) is 0 Å². The third-order valence-corrected chi connectivity index (χ3v) is 4.12. The molecule has 122 valence electrons. The predicted octanol–water partition coefficient (Wildman–Crippen LogP) is 2.22. The summed E-state index contributed by atoms with van der Waals surface area (Å²) in [5.41, 5.74) is 5.47. The second-order valence-electron chi connectivity index (χ2n) is 6.70. The molecular weight excluding hydrogens is 306 g/mol. The topological polar surface area (TPSA) is 104 Å². The molecule has 2 heterocycles.